The van der Waals surface area contributed by atoms with E-state index in [1.165, 1.54) is 12.1 Å². The molecule has 5 nitrogen and oxygen atoms in total. The largest absolute Gasteiger partial charge is 0.500 e. The van der Waals surface area contributed by atoms with Crippen molar-refractivity contribution in [3.05, 3.63) is 82.5 Å². The van der Waals surface area contributed by atoms with Gasteiger partial charge in [-0.2, -0.15) is 0 Å². The quantitative estimate of drug-likeness (QED) is 0.655. The van der Waals surface area contributed by atoms with Gasteiger partial charge in [0.1, 0.15) is 17.3 Å². The van der Waals surface area contributed by atoms with Crippen molar-refractivity contribution in [3.8, 4) is 11.3 Å². The van der Waals surface area contributed by atoms with Crippen LogP contribution in [0.5, 0.6) is 0 Å². The van der Waals surface area contributed by atoms with Crippen LogP contribution < -0.4 is 5.32 Å². The fourth-order valence-corrected chi connectivity index (χ4v) is 4.35. The molecule has 1 aromatic carbocycles. The highest BCUT2D eigenvalue weighted by atomic mass is 19.1. The van der Waals surface area contributed by atoms with Gasteiger partial charge in [-0.05, 0) is 38.1 Å². The van der Waals surface area contributed by atoms with Gasteiger partial charge in [0, 0.05) is 46.6 Å². The molecule has 0 fully saturated rings. The van der Waals surface area contributed by atoms with Crippen molar-refractivity contribution in [2.24, 2.45) is 0 Å². The molecular formula is C23H20FN3O2. The van der Waals surface area contributed by atoms with Gasteiger partial charge < -0.3 is 14.6 Å². The van der Waals surface area contributed by atoms with E-state index in [1.807, 2.05) is 26.0 Å². The minimum absolute atomic E-state index is 0.0659. The molecule has 3 aromatic rings. The summed E-state index contributed by atoms with van der Waals surface area (Å²) in [4.78, 5) is 4.58. The second-order valence-corrected chi connectivity index (χ2v) is 7.35. The van der Waals surface area contributed by atoms with Crippen molar-refractivity contribution >= 4 is 11.3 Å². The summed E-state index contributed by atoms with van der Waals surface area (Å²) in [5.41, 5.74) is 7.47. The summed E-state index contributed by atoms with van der Waals surface area (Å²) in [6.45, 7) is 3.84. The zero-order chi connectivity index (χ0) is 20.1. The number of rotatable bonds is 3. The van der Waals surface area contributed by atoms with Crippen molar-refractivity contribution in [1.82, 2.24) is 10.1 Å². The Morgan fingerprint density at radius 3 is 2.83 bits per heavy atom. The molecule has 2 aliphatic rings. The van der Waals surface area contributed by atoms with E-state index in [1.54, 1.807) is 19.4 Å². The number of halogens is 1. The number of hydrogen-bond donors (Lipinski definition) is 1. The van der Waals surface area contributed by atoms with E-state index < -0.39 is 0 Å². The van der Waals surface area contributed by atoms with Gasteiger partial charge in [-0.25, -0.2) is 4.39 Å². The number of methoxy groups -OCH3 is 1. The van der Waals surface area contributed by atoms with Crippen LogP contribution in [0.3, 0.4) is 0 Å². The Morgan fingerprint density at radius 2 is 2.10 bits per heavy atom. The first-order valence-electron chi connectivity index (χ1n) is 9.50. The van der Waals surface area contributed by atoms with Crippen LogP contribution >= 0.6 is 0 Å². The molecule has 1 unspecified atom stereocenters. The third kappa shape index (κ3) is 2.75. The van der Waals surface area contributed by atoms with Gasteiger partial charge in [-0.1, -0.05) is 17.3 Å². The van der Waals surface area contributed by atoms with Crippen LogP contribution in [0.25, 0.3) is 16.8 Å². The Hall–Kier alpha value is -3.41. The molecule has 29 heavy (non-hydrogen) atoms. The van der Waals surface area contributed by atoms with E-state index >= 15 is 0 Å². The molecule has 1 N–H and O–H groups in total. The molecule has 1 atom stereocenters. The maximum absolute atomic E-state index is 13.8. The van der Waals surface area contributed by atoms with E-state index in [9.17, 15) is 4.39 Å². The predicted octanol–water partition coefficient (Wildman–Crippen LogP) is 5.35. The molecule has 1 aliphatic heterocycles. The topological polar surface area (TPSA) is 60.2 Å². The van der Waals surface area contributed by atoms with Gasteiger partial charge in [-0.15, -0.1) is 0 Å². The lowest BCUT2D eigenvalue weighted by Gasteiger charge is -2.23. The molecule has 5 rings (SSSR count). The number of allylic oxidation sites excluding steroid dienone is 4. The van der Waals surface area contributed by atoms with Crippen LogP contribution in [0.1, 0.15) is 34.9 Å². The molecule has 0 spiro atoms. The summed E-state index contributed by atoms with van der Waals surface area (Å²) in [6.07, 6.45) is 4.54. The molecule has 0 saturated carbocycles. The smallest absolute Gasteiger partial charge is 0.141 e. The maximum Gasteiger partial charge on any atom is 0.141 e. The van der Waals surface area contributed by atoms with Gasteiger partial charge in [-0.3, -0.25) is 4.98 Å². The molecule has 0 bridgehead atoms. The fraction of sp³-hybridized carbons (Fsp3) is 0.217. The lowest BCUT2D eigenvalue weighted by atomic mass is 9.84. The van der Waals surface area contributed by atoms with Crippen molar-refractivity contribution in [1.29, 1.82) is 0 Å². The maximum atomic E-state index is 13.8. The predicted molar refractivity (Wildman–Crippen MR) is 109 cm³/mol. The van der Waals surface area contributed by atoms with Crippen molar-refractivity contribution in [2.45, 2.75) is 26.2 Å². The van der Waals surface area contributed by atoms with E-state index in [-0.39, 0.29) is 11.7 Å². The van der Waals surface area contributed by atoms with Gasteiger partial charge in [0.2, 0.25) is 0 Å². The Balaban J connectivity index is 1.63. The van der Waals surface area contributed by atoms with Crippen molar-refractivity contribution < 1.29 is 13.7 Å². The summed E-state index contributed by atoms with van der Waals surface area (Å²) in [5, 5.41) is 7.61. The number of aromatic nitrogens is 2. The number of hydrogen-bond acceptors (Lipinski definition) is 5. The minimum Gasteiger partial charge on any atom is -0.500 e. The van der Waals surface area contributed by atoms with Crippen molar-refractivity contribution in [3.63, 3.8) is 0 Å². The molecule has 2 aromatic heterocycles. The van der Waals surface area contributed by atoms with E-state index in [0.29, 0.717) is 6.42 Å². The second-order valence-electron chi connectivity index (χ2n) is 7.35. The highest BCUT2D eigenvalue weighted by Gasteiger charge is 2.36. The Kier molecular flexibility index (Phi) is 4.01. The zero-order valence-corrected chi connectivity index (χ0v) is 16.4. The van der Waals surface area contributed by atoms with E-state index in [0.717, 1.165) is 56.6 Å². The van der Waals surface area contributed by atoms with Crippen LogP contribution in [0.2, 0.25) is 0 Å². The third-order valence-corrected chi connectivity index (χ3v) is 5.63. The van der Waals surface area contributed by atoms with Crippen LogP contribution in [0.4, 0.5) is 10.1 Å². The molecule has 1 aliphatic carbocycles. The fourth-order valence-electron chi connectivity index (χ4n) is 4.35. The van der Waals surface area contributed by atoms with E-state index in [2.05, 4.69) is 21.5 Å². The Labute approximate surface area is 167 Å². The number of nitrogens with one attached hydrogen (secondary N) is 1. The number of ether oxygens (including phenoxy) is 1. The highest BCUT2D eigenvalue weighted by molar-refractivity contribution is 5.85. The number of pyridine rings is 1. The number of benzene rings is 1. The summed E-state index contributed by atoms with van der Waals surface area (Å²) in [6, 6.07) is 8.52. The first-order chi connectivity index (χ1) is 14.1. The molecule has 3 heterocycles. The average molecular weight is 389 g/mol. The average Bonchev–Trinajstić information content (AvgIpc) is 3.25. The molecule has 6 heteroatoms. The molecule has 0 saturated heterocycles. The first-order valence-corrected chi connectivity index (χ1v) is 9.50. The summed E-state index contributed by atoms with van der Waals surface area (Å²) in [5.74, 6) is 1.43. The van der Waals surface area contributed by atoms with Crippen LogP contribution in [-0.4, -0.2) is 17.3 Å². The number of aryl methyl sites for hydroxylation is 2. The van der Waals surface area contributed by atoms with Gasteiger partial charge in [0.25, 0.3) is 0 Å². The standard InChI is InChI=1S/C23H20FN3O2/c1-12-21(13(2)29-27-12)17-10-19-16(11-20(17)28-3)22-18(26-19)7-8-25-23(22)14-5-4-6-15(24)9-14/h4-10,16,26H,11H2,1-3H3. The minimum atomic E-state index is -0.273. The number of anilines is 1. The summed E-state index contributed by atoms with van der Waals surface area (Å²) >= 11 is 0. The first kappa shape index (κ1) is 17.7. The lowest BCUT2D eigenvalue weighted by molar-refractivity contribution is 0.274. The lowest BCUT2D eigenvalue weighted by Crippen LogP contribution is -2.11. The van der Waals surface area contributed by atoms with Crippen LogP contribution in [0, 0.1) is 19.7 Å². The highest BCUT2D eigenvalue weighted by Crippen LogP contribution is 2.50. The Bertz CT molecular complexity index is 1170. The number of fused-ring (bicyclic) bond motifs is 3. The van der Waals surface area contributed by atoms with Gasteiger partial charge >= 0.3 is 0 Å². The SMILES string of the molecule is COC1=C(c2c(C)noc2C)C=C2Nc3ccnc(-c4cccc(F)c4)c3C2C1. The third-order valence-electron chi connectivity index (χ3n) is 5.63. The van der Waals surface area contributed by atoms with Gasteiger partial charge in [0.05, 0.1) is 24.1 Å². The molecule has 146 valence electrons. The monoisotopic (exact) mass is 389 g/mol. The van der Waals surface area contributed by atoms with Gasteiger partial charge in [0.15, 0.2) is 0 Å². The Morgan fingerprint density at radius 1 is 1.24 bits per heavy atom. The second kappa shape index (κ2) is 6.58. The van der Waals surface area contributed by atoms with E-state index in [4.69, 9.17) is 9.26 Å². The molecule has 0 radical (unpaired) electrons. The number of nitrogens with zero attached hydrogens (tertiary/aromatic N) is 2. The summed E-state index contributed by atoms with van der Waals surface area (Å²) < 4.78 is 25.0. The van der Waals surface area contributed by atoms with Crippen LogP contribution in [0.15, 0.2) is 58.6 Å². The van der Waals surface area contributed by atoms with Crippen molar-refractivity contribution in [2.75, 3.05) is 12.4 Å². The molecular weight excluding hydrogens is 369 g/mol. The normalized spacial score (nSPS) is 17.5. The summed E-state index contributed by atoms with van der Waals surface area (Å²) in [7, 11) is 1.69. The zero-order valence-electron chi connectivity index (χ0n) is 16.4. The molecule has 0 amide bonds. The van der Waals surface area contributed by atoms with Crippen LogP contribution in [-0.2, 0) is 4.74 Å².